The normalized spacial score (nSPS) is 11.6. The molecular formula is C22H23N5O2. The lowest BCUT2D eigenvalue weighted by Crippen LogP contribution is -2.30. The van der Waals surface area contributed by atoms with Gasteiger partial charge in [-0.15, -0.1) is 10.2 Å². The molecule has 0 aliphatic rings. The van der Waals surface area contributed by atoms with Gasteiger partial charge in [0.25, 0.3) is 5.89 Å². The van der Waals surface area contributed by atoms with E-state index in [9.17, 15) is 0 Å². The molecule has 0 aliphatic carbocycles. The van der Waals surface area contributed by atoms with E-state index in [-0.39, 0.29) is 11.4 Å². The summed E-state index contributed by atoms with van der Waals surface area (Å²) in [7, 11) is 1.63. The predicted octanol–water partition coefficient (Wildman–Crippen LogP) is 4.96. The van der Waals surface area contributed by atoms with Crippen LogP contribution in [0.1, 0.15) is 27.2 Å². The van der Waals surface area contributed by atoms with Crippen molar-refractivity contribution < 1.29 is 9.15 Å². The van der Waals surface area contributed by atoms with Crippen LogP contribution in [0.25, 0.3) is 34.1 Å². The molecule has 0 radical (unpaired) electrons. The summed E-state index contributed by atoms with van der Waals surface area (Å²) in [4.78, 5) is 9.33. The third kappa shape index (κ3) is 3.89. The van der Waals surface area contributed by atoms with E-state index in [1.165, 1.54) is 0 Å². The zero-order chi connectivity index (χ0) is 20.4. The van der Waals surface area contributed by atoms with Gasteiger partial charge >= 0.3 is 0 Å². The molecule has 7 heteroatoms. The first-order valence-corrected chi connectivity index (χ1v) is 9.52. The Labute approximate surface area is 169 Å². The number of nitrogens with one attached hydrogen (secondary N) is 1. The first kappa shape index (κ1) is 18.9. The number of anilines is 1. The van der Waals surface area contributed by atoms with Crippen molar-refractivity contribution in [2.45, 2.75) is 32.7 Å². The Balaban J connectivity index is 1.75. The minimum Gasteiger partial charge on any atom is -0.497 e. The Morgan fingerprint density at radius 2 is 1.69 bits per heavy atom. The fraction of sp³-hybridized carbons (Fsp3) is 0.273. The van der Waals surface area contributed by atoms with Gasteiger partial charge in [0.1, 0.15) is 11.6 Å². The Morgan fingerprint density at radius 3 is 2.41 bits per heavy atom. The summed E-state index contributed by atoms with van der Waals surface area (Å²) in [5.74, 6) is 2.59. The molecule has 29 heavy (non-hydrogen) atoms. The van der Waals surface area contributed by atoms with Gasteiger partial charge in [-0.25, -0.2) is 9.97 Å². The first-order chi connectivity index (χ1) is 14.0. The highest BCUT2D eigenvalue weighted by Crippen LogP contribution is 2.29. The molecule has 2 aromatic heterocycles. The minimum absolute atomic E-state index is 0.114. The molecule has 0 aliphatic heterocycles. The maximum atomic E-state index is 5.87. The van der Waals surface area contributed by atoms with E-state index in [0.29, 0.717) is 11.7 Å². The molecule has 0 atom stereocenters. The zero-order valence-corrected chi connectivity index (χ0v) is 16.9. The molecule has 4 aromatic rings. The van der Waals surface area contributed by atoms with Crippen molar-refractivity contribution in [1.82, 2.24) is 20.2 Å². The largest absolute Gasteiger partial charge is 0.497 e. The average Bonchev–Trinajstić information content (AvgIpc) is 3.24. The van der Waals surface area contributed by atoms with Gasteiger partial charge in [-0.05, 0) is 56.7 Å². The standard InChI is InChI=1S/C22H23N5O2/c1-5-22(2,3)25-18-16-8-6-7-9-17(16)23-19(24-18)21-27-26-20(29-21)14-10-12-15(28-4)13-11-14/h6-13H,5H2,1-4H3,(H,23,24,25). The zero-order valence-electron chi connectivity index (χ0n) is 16.9. The van der Waals surface area contributed by atoms with Gasteiger partial charge in [0.05, 0.1) is 12.6 Å². The number of rotatable bonds is 6. The van der Waals surface area contributed by atoms with Crippen LogP contribution in [0.2, 0.25) is 0 Å². The fourth-order valence-corrected chi connectivity index (χ4v) is 2.84. The second-order valence-corrected chi connectivity index (χ2v) is 7.42. The molecular weight excluding hydrogens is 366 g/mol. The van der Waals surface area contributed by atoms with E-state index in [1.807, 2.05) is 48.5 Å². The van der Waals surface area contributed by atoms with Crippen LogP contribution in [0.3, 0.4) is 0 Å². The van der Waals surface area contributed by atoms with E-state index in [2.05, 4.69) is 41.3 Å². The Hall–Kier alpha value is -3.48. The van der Waals surface area contributed by atoms with Crippen LogP contribution in [-0.4, -0.2) is 32.8 Å². The van der Waals surface area contributed by atoms with Crippen molar-refractivity contribution in [3.63, 3.8) is 0 Å². The highest BCUT2D eigenvalue weighted by Gasteiger charge is 2.20. The fourth-order valence-electron chi connectivity index (χ4n) is 2.84. The van der Waals surface area contributed by atoms with Gasteiger partial charge in [-0.2, -0.15) is 0 Å². The van der Waals surface area contributed by atoms with Crippen LogP contribution in [-0.2, 0) is 0 Å². The number of hydrogen-bond acceptors (Lipinski definition) is 7. The van der Waals surface area contributed by atoms with Crippen LogP contribution < -0.4 is 10.1 Å². The molecule has 148 valence electrons. The summed E-state index contributed by atoms with van der Waals surface area (Å²) in [5.41, 5.74) is 1.50. The lowest BCUT2D eigenvalue weighted by atomic mass is 10.0. The highest BCUT2D eigenvalue weighted by atomic mass is 16.5. The SMILES string of the molecule is CCC(C)(C)Nc1nc(-c2nnc(-c3ccc(OC)cc3)o2)nc2ccccc12. The van der Waals surface area contributed by atoms with Crippen molar-refractivity contribution in [1.29, 1.82) is 0 Å². The number of aromatic nitrogens is 4. The Bertz CT molecular complexity index is 1140. The van der Waals surface area contributed by atoms with Crippen LogP contribution in [0.5, 0.6) is 5.75 Å². The molecule has 7 nitrogen and oxygen atoms in total. The van der Waals surface area contributed by atoms with Crippen molar-refractivity contribution in [2.75, 3.05) is 12.4 Å². The first-order valence-electron chi connectivity index (χ1n) is 9.52. The summed E-state index contributed by atoms with van der Waals surface area (Å²) in [6, 6.07) is 15.3. The number of methoxy groups -OCH3 is 1. The number of hydrogen-bond donors (Lipinski definition) is 1. The minimum atomic E-state index is -0.114. The smallest absolute Gasteiger partial charge is 0.286 e. The maximum Gasteiger partial charge on any atom is 0.286 e. The number of benzene rings is 2. The quantitative estimate of drug-likeness (QED) is 0.499. The molecule has 0 spiro atoms. The van der Waals surface area contributed by atoms with Gasteiger partial charge < -0.3 is 14.5 Å². The maximum absolute atomic E-state index is 5.87. The van der Waals surface area contributed by atoms with E-state index in [0.717, 1.165) is 34.5 Å². The lowest BCUT2D eigenvalue weighted by Gasteiger charge is -2.26. The molecule has 4 rings (SSSR count). The summed E-state index contributed by atoms with van der Waals surface area (Å²) in [5, 5.41) is 12.8. The summed E-state index contributed by atoms with van der Waals surface area (Å²) >= 11 is 0. The lowest BCUT2D eigenvalue weighted by molar-refractivity contribution is 0.415. The average molecular weight is 389 g/mol. The molecule has 2 heterocycles. The van der Waals surface area contributed by atoms with Crippen LogP contribution in [0.4, 0.5) is 5.82 Å². The number of nitrogens with zero attached hydrogens (tertiary/aromatic N) is 4. The molecule has 0 fully saturated rings. The summed E-state index contributed by atoms with van der Waals surface area (Å²) in [6.45, 7) is 6.41. The molecule has 2 aromatic carbocycles. The van der Waals surface area contributed by atoms with Crippen LogP contribution in [0, 0.1) is 0 Å². The Kier molecular flexibility index (Phi) is 4.88. The molecule has 0 bridgehead atoms. The van der Waals surface area contributed by atoms with Gasteiger partial charge in [0, 0.05) is 16.5 Å². The van der Waals surface area contributed by atoms with Crippen LogP contribution in [0.15, 0.2) is 52.9 Å². The van der Waals surface area contributed by atoms with E-state index in [1.54, 1.807) is 7.11 Å². The van der Waals surface area contributed by atoms with Crippen molar-refractivity contribution >= 4 is 16.7 Å². The molecule has 0 saturated carbocycles. The third-order valence-electron chi connectivity index (χ3n) is 4.90. The van der Waals surface area contributed by atoms with Gasteiger partial charge in [-0.1, -0.05) is 19.1 Å². The topological polar surface area (TPSA) is 86.0 Å². The molecule has 0 unspecified atom stereocenters. The van der Waals surface area contributed by atoms with Gasteiger partial charge in [-0.3, -0.25) is 0 Å². The van der Waals surface area contributed by atoms with Crippen molar-refractivity contribution in [3.8, 4) is 28.9 Å². The monoisotopic (exact) mass is 389 g/mol. The third-order valence-corrected chi connectivity index (χ3v) is 4.90. The van der Waals surface area contributed by atoms with Crippen molar-refractivity contribution in [2.24, 2.45) is 0 Å². The summed E-state index contributed by atoms with van der Waals surface area (Å²) in [6.07, 6.45) is 0.947. The van der Waals surface area contributed by atoms with Gasteiger partial charge in [0.15, 0.2) is 0 Å². The molecule has 0 amide bonds. The van der Waals surface area contributed by atoms with Crippen molar-refractivity contribution in [3.05, 3.63) is 48.5 Å². The summed E-state index contributed by atoms with van der Waals surface area (Å²) < 4.78 is 11.1. The second-order valence-electron chi connectivity index (χ2n) is 7.42. The van der Waals surface area contributed by atoms with E-state index >= 15 is 0 Å². The number of ether oxygens (including phenoxy) is 1. The predicted molar refractivity (Wildman–Crippen MR) is 113 cm³/mol. The van der Waals surface area contributed by atoms with Gasteiger partial charge in [0.2, 0.25) is 11.7 Å². The molecule has 1 N–H and O–H groups in total. The van der Waals surface area contributed by atoms with E-state index < -0.39 is 0 Å². The van der Waals surface area contributed by atoms with Crippen LogP contribution >= 0.6 is 0 Å². The van der Waals surface area contributed by atoms with E-state index in [4.69, 9.17) is 14.1 Å². The molecule has 0 saturated heterocycles. The highest BCUT2D eigenvalue weighted by molar-refractivity contribution is 5.90. The second kappa shape index (κ2) is 7.50. The Morgan fingerprint density at radius 1 is 0.966 bits per heavy atom. The number of para-hydroxylation sites is 1. The number of fused-ring (bicyclic) bond motifs is 1.